The van der Waals surface area contributed by atoms with E-state index in [1.54, 1.807) is 10.6 Å². The van der Waals surface area contributed by atoms with E-state index in [1.807, 2.05) is 25.2 Å². The number of benzene rings is 1. The number of rotatable bonds is 3. The maximum atomic E-state index is 11.9. The molecule has 0 aliphatic carbocycles. The second-order valence-electron chi connectivity index (χ2n) is 4.70. The van der Waals surface area contributed by atoms with Crippen molar-refractivity contribution in [3.8, 4) is 0 Å². The van der Waals surface area contributed by atoms with Crippen LogP contribution in [0, 0.1) is 0 Å². The van der Waals surface area contributed by atoms with Crippen LogP contribution in [0.3, 0.4) is 0 Å². The summed E-state index contributed by atoms with van der Waals surface area (Å²) in [5.74, 6) is 0.443. The molecule has 0 radical (unpaired) electrons. The van der Waals surface area contributed by atoms with Crippen molar-refractivity contribution >= 4 is 10.9 Å². The first kappa shape index (κ1) is 11.9. The van der Waals surface area contributed by atoms with Crippen LogP contribution >= 0.6 is 0 Å². The SMILES string of the molecule is CCCC(C)c1cc(=O)n(C)c2ccccc12. The van der Waals surface area contributed by atoms with Crippen LogP contribution in [0.2, 0.25) is 0 Å². The highest BCUT2D eigenvalue weighted by atomic mass is 16.1. The number of hydrogen-bond acceptors (Lipinski definition) is 1. The van der Waals surface area contributed by atoms with E-state index >= 15 is 0 Å². The van der Waals surface area contributed by atoms with Crippen LogP contribution < -0.4 is 5.56 Å². The van der Waals surface area contributed by atoms with E-state index in [4.69, 9.17) is 0 Å². The Morgan fingerprint density at radius 3 is 2.71 bits per heavy atom. The largest absolute Gasteiger partial charge is 0.311 e. The highest BCUT2D eigenvalue weighted by molar-refractivity contribution is 5.83. The summed E-state index contributed by atoms with van der Waals surface area (Å²) >= 11 is 0. The first-order valence-corrected chi connectivity index (χ1v) is 6.23. The van der Waals surface area contributed by atoms with Gasteiger partial charge in [0.05, 0.1) is 5.52 Å². The minimum absolute atomic E-state index is 0.0849. The van der Waals surface area contributed by atoms with Crippen LogP contribution in [0.5, 0.6) is 0 Å². The fraction of sp³-hybridized carbons (Fsp3) is 0.400. The van der Waals surface area contributed by atoms with Crippen molar-refractivity contribution < 1.29 is 0 Å². The molecule has 1 unspecified atom stereocenters. The van der Waals surface area contributed by atoms with Gasteiger partial charge in [-0.25, -0.2) is 0 Å². The Bertz CT molecular complexity index is 583. The van der Waals surface area contributed by atoms with Gasteiger partial charge in [-0.2, -0.15) is 0 Å². The molecule has 1 heterocycles. The molecule has 0 N–H and O–H groups in total. The summed E-state index contributed by atoms with van der Waals surface area (Å²) in [6.07, 6.45) is 2.27. The monoisotopic (exact) mass is 229 g/mol. The van der Waals surface area contributed by atoms with E-state index in [0.29, 0.717) is 5.92 Å². The third-order valence-electron chi connectivity index (χ3n) is 3.44. The molecule has 1 atom stereocenters. The number of aromatic nitrogens is 1. The minimum atomic E-state index is 0.0849. The normalized spacial score (nSPS) is 12.9. The van der Waals surface area contributed by atoms with Crippen molar-refractivity contribution in [1.82, 2.24) is 4.57 Å². The Morgan fingerprint density at radius 2 is 2.00 bits per heavy atom. The Morgan fingerprint density at radius 1 is 1.29 bits per heavy atom. The van der Waals surface area contributed by atoms with Gasteiger partial charge in [0.2, 0.25) is 0 Å². The second kappa shape index (κ2) is 4.74. The van der Waals surface area contributed by atoms with Crippen molar-refractivity contribution in [3.05, 3.63) is 46.2 Å². The Labute approximate surface area is 102 Å². The molecular weight excluding hydrogens is 210 g/mol. The van der Waals surface area contributed by atoms with Crippen molar-refractivity contribution in [2.75, 3.05) is 0 Å². The van der Waals surface area contributed by atoms with E-state index in [-0.39, 0.29) is 5.56 Å². The highest BCUT2D eigenvalue weighted by Crippen LogP contribution is 2.26. The standard InChI is InChI=1S/C15H19NO/c1-4-7-11(2)13-10-15(17)16(3)14-9-6-5-8-12(13)14/h5-6,8-11H,4,7H2,1-3H3. The second-order valence-corrected chi connectivity index (χ2v) is 4.70. The summed E-state index contributed by atoms with van der Waals surface area (Å²) in [6.45, 7) is 4.38. The topological polar surface area (TPSA) is 22.0 Å². The molecule has 2 rings (SSSR count). The van der Waals surface area contributed by atoms with E-state index in [2.05, 4.69) is 19.9 Å². The lowest BCUT2D eigenvalue weighted by molar-refractivity contribution is 0.666. The smallest absolute Gasteiger partial charge is 0.251 e. The highest BCUT2D eigenvalue weighted by Gasteiger charge is 2.11. The average Bonchev–Trinajstić information content (AvgIpc) is 2.34. The molecule has 0 spiro atoms. The summed E-state index contributed by atoms with van der Waals surface area (Å²) in [5.41, 5.74) is 2.30. The Kier molecular flexibility index (Phi) is 3.32. The van der Waals surface area contributed by atoms with Crippen LogP contribution in [0.25, 0.3) is 10.9 Å². The molecule has 0 aliphatic rings. The number of aryl methyl sites for hydroxylation is 1. The van der Waals surface area contributed by atoms with Crippen LogP contribution in [0.15, 0.2) is 35.1 Å². The van der Waals surface area contributed by atoms with E-state index in [9.17, 15) is 4.79 Å². The molecule has 2 aromatic rings. The molecule has 0 fully saturated rings. The first-order chi connectivity index (χ1) is 8.15. The molecule has 17 heavy (non-hydrogen) atoms. The van der Waals surface area contributed by atoms with Crippen molar-refractivity contribution in [1.29, 1.82) is 0 Å². The lowest BCUT2D eigenvalue weighted by Crippen LogP contribution is -2.17. The summed E-state index contributed by atoms with van der Waals surface area (Å²) in [4.78, 5) is 11.9. The molecule has 0 saturated heterocycles. The summed E-state index contributed by atoms with van der Waals surface area (Å²) in [6, 6.07) is 9.93. The van der Waals surface area contributed by atoms with Gasteiger partial charge in [0.15, 0.2) is 0 Å². The zero-order valence-corrected chi connectivity index (χ0v) is 10.7. The van der Waals surface area contributed by atoms with Crippen molar-refractivity contribution in [3.63, 3.8) is 0 Å². The van der Waals surface area contributed by atoms with E-state index in [0.717, 1.165) is 18.4 Å². The van der Waals surface area contributed by atoms with Crippen LogP contribution in [0.1, 0.15) is 38.2 Å². The summed E-state index contributed by atoms with van der Waals surface area (Å²) in [5, 5.41) is 1.20. The Hall–Kier alpha value is -1.57. The van der Waals surface area contributed by atoms with Gasteiger partial charge in [-0.3, -0.25) is 4.79 Å². The summed E-state index contributed by atoms with van der Waals surface area (Å²) < 4.78 is 1.72. The molecule has 0 aliphatic heterocycles. The molecule has 90 valence electrons. The van der Waals surface area contributed by atoms with E-state index in [1.165, 1.54) is 10.9 Å². The molecule has 2 heteroatoms. The molecular formula is C15H19NO. The summed E-state index contributed by atoms with van der Waals surface area (Å²) in [7, 11) is 1.83. The van der Waals surface area contributed by atoms with E-state index < -0.39 is 0 Å². The quantitative estimate of drug-likeness (QED) is 0.790. The fourth-order valence-corrected chi connectivity index (χ4v) is 2.43. The third-order valence-corrected chi connectivity index (χ3v) is 3.44. The lowest BCUT2D eigenvalue weighted by Gasteiger charge is -2.15. The molecule has 0 amide bonds. The van der Waals surface area contributed by atoms with Gasteiger partial charge in [-0.1, -0.05) is 38.5 Å². The van der Waals surface area contributed by atoms with Gasteiger partial charge in [-0.05, 0) is 24.0 Å². The number of fused-ring (bicyclic) bond motifs is 1. The maximum Gasteiger partial charge on any atom is 0.251 e. The number of hydrogen-bond donors (Lipinski definition) is 0. The molecule has 1 aromatic carbocycles. The predicted octanol–water partition coefficient (Wildman–Crippen LogP) is 3.44. The van der Waals surface area contributed by atoms with Gasteiger partial charge >= 0.3 is 0 Å². The first-order valence-electron chi connectivity index (χ1n) is 6.23. The van der Waals surface area contributed by atoms with Crippen molar-refractivity contribution in [2.24, 2.45) is 7.05 Å². The molecule has 1 aromatic heterocycles. The van der Waals surface area contributed by atoms with Gasteiger partial charge in [0.25, 0.3) is 5.56 Å². The Balaban J connectivity index is 2.71. The zero-order valence-electron chi connectivity index (χ0n) is 10.7. The molecule has 2 nitrogen and oxygen atoms in total. The zero-order chi connectivity index (χ0) is 12.4. The van der Waals surface area contributed by atoms with Gasteiger partial charge < -0.3 is 4.57 Å². The average molecular weight is 229 g/mol. The van der Waals surface area contributed by atoms with Gasteiger partial charge in [0, 0.05) is 18.5 Å². The van der Waals surface area contributed by atoms with Gasteiger partial charge in [0.1, 0.15) is 0 Å². The lowest BCUT2D eigenvalue weighted by atomic mass is 9.93. The van der Waals surface area contributed by atoms with Crippen LogP contribution in [0.4, 0.5) is 0 Å². The van der Waals surface area contributed by atoms with Crippen LogP contribution in [-0.4, -0.2) is 4.57 Å². The number of nitrogens with zero attached hydrogens (tertiary/aromatic N) is 1. The van der Waals surface area contributed by atoms with Crippen molar-refractivity contribution in [2.45, 2.75) is 32.6 Å². The number of pyridine rings is 1. The predicted molar refractivity (Wildman–Crippen MR) is 72.5 cm³/mol. The molecule has 0 saturated carbocycles. The third kappa shape index (κ3) is 2.12. The van der Waals surface area contributed by atoms with Gasteiger partial charge in [-0.15, -0.1) is 0 Å². The molecule has 0 bridgehead atoms. The minimum Gasteiger partial charge on any atom is -0.311 e. The number of para-hydroxylation sites is 1. The maximum absolute atomic E-state index is 11.9. The fourth-order valence-electron chi connectivity index (χ4n) is 2.43. The van der Waals surface area contributed by atoms with Crippen LogP contribution in [-0.2, 0) is 7.05 Å².